The van der Waals surface area contributed by atoms with Crippen LogP contribution in [0.1, 0.15) is 341 Å². The normalized spacial score (nSPS) is 13.3. The fourth-order valence-corrected chi connectivity index (χ4v) is 10.9. The average molecular weight is 1130 g/mol. The minimum atomic E-state index is -4.64. The summed E-state index contributed by atoms with van der Waals surface area (Å²) >= 11 is 0. The molecule has 2 atom stereocenters. The molecule has 0 saturated carbocycles. The summed E-state index contributed by atoms with van der Waals surface area (Å²) in [6.45, 7) is 4.15. The second-order valence-corrected chi connectivity index (χ2v) is 25.9. The van der Waals surface area contributed by atoms with Crippen LogP contribution >= 0.6 is 7.82 Å². The number of likely N-dealkylation sites (N-methyl/N-ethyl adjacent to an activating group) is 1. The van der Waals surface area contributed by atoms with E-state index in [2.05, 4.69) is 50.3 Å². The summed E-state index contributed by atoms with van der Waals surface area (Å²) < 4.78 is 34.2. The van der Waals surface area contributed by atoms with E-state index in [0.717, 1.165) is 70.6 Å². The molecule has 9 nitrogen and oxygen atoms in total. The van der Waals surface area contributed by atoms with Crippen molar-refractivity contribution in [2.24, 2.45) is 0 Å². The summed E-state index contributed by atoms with van der Waals surface area (Å²) in [7, 11) is 1.16. The van der Waals surface area contributed by atoms with Crippen molar-refractivity contribution in [2.75, 3.05) is 47.5 Å². The summed E-state index contributed by atoms with van der Waals surface area (Å²) in [6.07, 6.45) is 77.0. The van der Waals surface area contributed by atoms with Gasteiger partial charge in [-0.25, -0.2) is 0 Å². The number of carbonyl (C=O) groups excluding carboxylic acids is 2. The van der Waals surface area contributed by atoms with Crippen LogP contribution in [-0.2, 0) is 32.7 Å². The van der Waals surface area contributed by atoms with Crippen molar-refractivity contribution in [3.63, 3.8) is 0 Å². The van der Waals surface area contributed by atoms with Crippen LogP contribution in [-0.4, -0.2) is 70.0 Å². The molecule has 0 aromatic rings. The molecule has 0 fully saturated rings. The van der Waals surface area contributed by atoms with Crippen LogP contribution in [0.5, 0.6) is 0 Å². The smallest absolute Gasteiger partial charge is 0.306 e. The second kappa shape index (κ2) is 60.8. The molecule has 0 radical (unpaired) electrons. The number of unbranched alkanes of at least 4 members (excludes halogenated alkanes) is 44. The number of allylic oxidation sites excluding steroid dienone is 6. The first kappa shape index (κ1) is 77.2. The van der Waals surface area contributed by atoms with Gasteiger partial charge in [-0.2, -0.15) is 0 Å². The van der Waals surface area contributed by atoms with Gasteiger partial charge in [0.2, 0.25) is 0 Å². The molecule has 0 bridgehead atoms. The van der Waals surface area contributed by atoms with Gasteiger partial charge in [0.25, 0.3) is 7.82 Å². The van der Waals surface area contributed by atoms with Crippen molar-refractivity contribution < 1.29 is 42.1 Å². The maximum atomic E-state index is 12.8. The average Bonchev–Trinajstić information content (AvgIpc) is 3.41. The number of phosphoric ester groups is 1. The highest BCUT2D eigenvalue weighted by molar-refractivity contribution is 7.45. The Balaban J connectivity index is 3.82. The van der Waals surface area contributed by atoms with Crippen LogP contribution in [0.15, 0.2) is 36.5 Å². The van der Waals surface area contributed by atoms with Gasteiger partial charge in [-0.1, -0.05) is 320 Å². The van der Waals surface area contributed by atoms with Gasteiger partial charge in [-0.05, 0) is 44.9 Å². The van der Waals surface area contributed by atoms with E-state index in [1.165, 1.54) is 238 Å². The quantitative estimate of drug-likeness (QED) is 0.0195. The summed E-state index contributed by atoms with van der Waals surface area (Å²) in [5.74, 6) is -0.840. The number of rotatable bonds is 64. The largest absolute Gasteiger partial charge is 0.756 e. The number of quaternary nitrogens is 1. The Kier molecular flexibility index (Phi) is 59.4. The van der Waals surface area contributed by atoms with Crippen molar-refractivity contribution >= 4 is 19.8 Å². The van der Waals surface area contributed by atoms with Crippen LogP contribution in [0, 0.1) is 0 Å². The Morgan fingerprint density at radius 3 is 1.08 bits per heavy atom. The molecule has 0 saturated heterocycles. The Morgan fingerprint density at radius 2 is 0.722 bits per heavy atom. The molecule has 0 amide bonds. The molecule has 0 aliphatic carbocycles. The Hall–Kier alpha value is -1.77. The zero-order valence-corrected chi connectivity index (χ0v) is 54.0. The fourth-order valence-electron chi connectivity index (χ4n) is 10.2. The fraction of sp³-hybridized carbons (Fsp3) is 0.884. The molecule has 0 spiro atoms. The van der Waals surface area contributed by atoms with Gasteiger partial charge in [0, 0.05) is 12.8 Å². The van der Waals surface area contributed by atoms with Crippen LogP contribution < -0.4 is 4.89 Å². The lowest BCUT2D eigenvalue weighted by molar-refractivity contribution is -0.870. The van der Waals surface area contributed by atoms with Crippen molar-refractivity contribution in [2.45, 2.75) is 347 Å². The standard InChI is InChI=1S/C69H132NO8P/c1-6-8-10-12-14-16-18-20-22-23-24-25-26-27-28-29-30-31-32-33-34-35-36-37-38-39-40-41-42-43-44-45-46-48-49-51-53-55-57-59-61-68(71)75-65-67(66-77-79(73,74)76-64-63-70(3,4)5)78-69(72)62-60-58-56-54-52-50-47-21-19-17-15-13-11-9-7-2/h9,11,15,17,21,47,67H,6-8,10,12-14,16,18-20,22-46,48-66H2,1-5H3/b11-9-,17-15-,47-21-. The van der Waals surface area contributed by atoms with Crippen molar-refractivity contribution in [3.05, 3.63) is 36.5 Å². The van der Waals surface area contributed by atoms with Gasteiger partial charge in [-0.3, -0.25) is 14.2 Å². The molecule has 466 valence electrons. The van der Waals surface area contributed by atoms with Gasteiger partial charge in [0.1, 0.15) is 19.8 Å². The molecule has 79 heavy (non-hydrogen) atoms. The topological polar surface area (TPSA) is 111 Å². The van der Waals surface area contributed by atoms with Crippen molar-refractivity contribution in [1.29, 1.82) is 0 Å². The van der Waals surface area contributed by atoms with E-state index < -0.39 is 26.5 Å². The maximum Gasteiger partial charge on any atom is 0.306 e. The summed E-state index contributed by atoms with van der Waals surface area (Å²) in [5, 5.41) is 0. The zero-order chi connectivity index (χ0) is 57.7. The maximum absolute atomic E-state index is 12.8. The van der Waals surface area contributed by atoms with E-state index in [0.29, 0.717) is 17.4 Å². The first-order valence-electron chi connectivity index (χ1n) is 34.2. The molecule has 0 heterocycles. The molecule has 2 unspecified atom stereocenters. The lowest BCUT2D eigenvalue weighted by Crippen LogP contribution is -2.37. The number of carbonyl (C=O) groups is 2. The Morgan fingerprint density at radius 1 is 0.405 bits per heavy atom. The minimum absolute atomic E-state index is 0.0334. The van der Waals surface area contributed by atoms with Crippen molar-refractivity contribution in [3.8, 4) is 0 Å². The molecule has 0 N–H and O–H groups in total. The highest BCUT2D eigenvalue weighted by atomic mass is 31.2. The minimum Gasteiger partial charge on any atom is -0.756 e. The number of nitrogens with zero attached hydrogens (tertiary/aromatic N) is 1. The van der Waals surface area contributed by atoms with E-state index in [1.807, 2.05) is 21.1 Å². The summed E-state index contributed by atoms with van der Waals surface area (Å²) in [4.78, 5) is 37.9. The Labute approximate surface area is 491 Å². The molecule has 0 aliphatic heterocycles. The van der Waals surface area contributed by atoms with E-state index in [1.54, 1.807) is 0 Å². The van der Waals surface area contributed by atoms with Gasteiger partial charge in [-0.15, -0.1) is 0 Å². The molecular weight excluding hydrogens is 1000 g/mol. The van der Waals surface area contributed by atoms with E-state index in [9.17, 15) is 19.0 Å². The second-order valence-electron chi connectivity index (χ2n) is 24.5. The third-order valence-corrected chi connectivity index (χ3v) is 16.4. The van der Waals surface area contributed by atoms with Crippen molar-refractivity contribution in [1.82, 2.24) is 0 Å². The van der Waals surface area contributed by atoms with Crippen LogP contribution in [0.4, 0.5) is 0 Å². The predicted octanol–water partition coefficient (Wildman–Crippen LogP) is 21.3. The number of phosphoric acid groups is 1. The number of esters is 2. The van der Waals surface area contributed by atoms with Crippen LogP contribution in [0.3, 0.4) is 0 Å². The monoisotopic (exact) mass is 1130 g/mol. The molecule has 0 rings (SSSR count). The third kappa shape index (κ3) is 65.3. The zero-order valence-electron chi connectivity index (χ0n) is 53.1. The number of hydrogen-bond donors (Lipinski definition) is 0. The van der Waals surface area contributed by atoms with Gasteiger partial charge < -0.3 is 27.9 Å². The van der Waals surface area contributed by atoms with Crippen LogP contribution in [0.2, 0.25) is 0 Å². The SMILES string of the molecule is CC/C=C\C/C=C\C/C=C\CCCCCCCC(=O)OC(COC(=O)CCCCCCCCCCCCCCCCCCCCCCCCCCCCCCCCCCCCCCCCCC)COP(=O)([O-])OCC[N+](C)(C)C. The molecule has 0 aromatic carbocycles. The highest BCUT2D eigenvalue weighted by Crippen LogP contribution is 2.38. The molecule has 10 heteroatoms. The van der Waals surface area contributed by atoms with E-state index >= 15 is 0 Å². The number of hydrogen-bond acceptors (Lipinski definition) is 8. The summed E-state index contributed by atoms with van der Waals surface area (Å²) in [6, 6.07) is 0. The molecule has 0 aliphatic rings. The van der Waals surface area contributed by atoms with Gasteiger partial charge >= 0.3 is 11.9 Å². The third-order valence-electron chi connectivity index (χ3n) is 15.4. The van der Waals surface area contributed by atoms with Gasteiger partial charge in [0.15, 0.2) is 6.10 Å². The number of ether oxygens (including phenoxy) is 2. The lowest BCUT2D eigenvalue weighted by atomic mass is 10.0. The predicted molar refractivity (Wildman–Crippen MR) is 337 cm³/mol. The first-order chi connectivity index (χ1) is 38.5. The van der Waals surface area contributed by atoms with E-state index in [4.69, 9.17) is 18.5 Å². The molecule has 0 aromatic heterocycles. The summed E-state index contributed by atoms with van der Waals surface area (Å²) in [5.41, 5.74) is 0. The van der Waals surface area contributed by atoms with E-state index in [-0.39, 0.29) is 32.0 Å². The lowest BCUT2D eigenvalue weighted by Gasteiger charge is -2.28. The van der Waals surface area contributed by atoms with Crippen LogP contribution in [0.25, 0.3) is 0 Å². The highest BCUT2D eigenvalue weighted by Gasteiger charge is 2.22. The molecular formula is C69H132NO8P. The first-order valence-corrected chi connectivity index (χ1v) is 35.7. The van der Waals surface area contributed by atoms with Gasteiger partial charge in [0.05, 0.1) is 27.7 Å². The Bertz CT molecular complexity index is 1430.